The third kappa shape index (κ3) is 4.31. The van der Waals surface area contributed by atoms with Crippen LogP contribution in [0.3, 0.4) is 0 Å². The maximum atomic E-state index is 3.61. The van der Waals surface area contributed by atoms with Crippen molar-refractivity contribution in [3.05, 3.63) is 108 Å². The third-order valence-corrected chi connectivity index (χ3v) is 5.63. The number of benzene rings is 4. The molecule has 0 amide bonds. The van der Waals surface area contributed by atoms with Crippen LogP contribution in [0.15, 0.2) is 91.0 Å². The molecule has 4 aromatic rings. The van der Waals surface area contributed by atoms with Crippen molar-refractivity contribution in [2.75, 3.05) is 5.32 Å². The molecule has 0 aliphatic rings. The summed E-state index contributed by atoms with van der Waals surface area (Å²) in [6.07, 6.45) is 0. The van der Waals surface area contributed by atoms with Crippen molar-refractivity contribution in [1.82, 2.24) is 0 Å². The minimum Gasteiger partial charge on any atom is -0.355 e. The van der Waals surface area contributed by atoms with Crippen LogP contribution in [0, 0.1) is 13.8 Å². The number of nitrogens with one attached hydrogen (secondary N) is 1. The van der Waals surface area contributed by atoms with Crippen LogP contribution in [0.25, 0.3) is 22.3 Å². The first-order valence-electron chi connectivity index (χ1n) is 10.7. The normalized spacial score (nSPS) is 11.0. The molecule has 0 radical (unpaired) electrons. The third-order valence-electron chi connectivity index (χ3n) is 5.63. The van der Waals surface area contributed by atoms with Gasteiger partial charge in [-0.15, -0.1) is 0 Å². The number of aryl methyl sites for hydroxylation is 2. The van der Waals surface area contributed by atoms with Gasteiger partial charge in [-0.3, -0.25) is 0 Å². The van der Waals surface area contributed by atoms with Gasteiger partial charge in [-0.25, -0.2) is 0 Å². The second kappa shape index (κ2) is 8.59. The lowest BCUT2D eigenvalue weighted by Crippen LogP contribution is -1.95. The van der Waals surface area contributed by atoms with Gasteiger partial charge in [0.05, 0.1) is 0 Å². The molecule has 4 rings (SSSR count). The van der Waals surface area contributed by atoms with Crippen molar-refractivity contribution in [2.24, 2.45) is 0 Å². The first kappa shape index (κ1) is 20.0. The molecule has 0 spiro atoms. The first-order chi connectivity index (χ1) is 14.5. The highest BCUT2D eigenvalue weighted by Crippen LogP contribution is 2.36. The van der Waals surface area contributed by atoms with Gasteiger partial charge in [0, 0.05) is 11.4 Å². The molecule has 1 N–H and O–H groups in total. The summed E-state index contributed by atoms with van der Waals surface area (Å²) in [6.45, 7) is 8.78. The molecule has 4 aromatic carbocycles. The summed E-state index contributed by atoms with van der Waals surface area (Å²) in [5.41, 5.74) is 11.2. The van der Waals surface area contributed by atoms with Gasteiger partial charge in [-0.05, 0) is 71.3 Å². The quantitative estimate of drug-likeness (QED) is 0.359. The summed E-state index contributed by atoms with van der Waals surface area (Å²) >= 11 is 0. The van der Waals surface area contributed by atoms with Crippen LogP contribution in [0.1, 0.15) is 36.5 Å². The number of hydrogen-bond donors (Lipinski definition) is 1. The van der Waals surface area contributed by atoms with Crippen molar-refractivity contribution in [1.29, 1.82) is 0 Å². The molecule has 30 heavy (non-hydrogen) atoms. The van der Waals surface area contributed by atoms with E-state index in [0.717, 1.165) is 11.4 Å². The molecule has 0 aromatic heterocycles. The summed E-state index contributed by atoms with van der Waals surface area (Å²) in [5.74, 6) is 0.491. The fourth-order valence-corrected chi connectivity index (χ4v) is 3.90. The van der Waals surface area contributed by atoms with E-state index in [0.29, 0.717) is 5.92 Å². The number of hydrogen-bond acceptors (Lipinski definition) is 1. The van der Waals surface area contributed by atoms with E-state index in [9.17, 15) is 0 Å². The molecule has 1 heteroatoms. The average Bonchev–Trinajstić information content (AvgIpc) is 2.76. The van der Waals surface area contributed by atoms with Gasteiger partial charge in [0.25, 0.3) is 0 Å². The van der Waals surface area contributed by atoms with E-state index < -0.39 is 0 Å². The predicted molar refractivity (Wildman–Crippen MR) is 131 cm³/mol. The fourth-order valence-electron chi connectivity index (χ4n) is 3.90. The van der Waals surface area contributed by atoms with Gasteiger partial charge in [0.1, 0.15) is 0 Å². The minimum atomic E-state index is 0.491. The van der Waals surface area contributed by atoms with Crippen LogP contribution in [0.2, 0.25) is 0 Å². The molecule has 150 valence electrons. The van der Waals surface area contributed by atoms with Crippen LogP contribution in [0.4, 0.5) is 11.4 Å². The van der Waals surface area contributed by atoms with Gasteiger partial charge in [0.2, 0.25) is 0 Å². The SMILES string of the molecule is Cc1ccc(Nc2cccc(-c3cc(C(C)C)ccc3-c3ccccc3)c2)c(C)c1. The Morgan fingerprint density at radius 2 is 1.40 bits per heavy atom. The highest BCUT2D eigenvalue weighted by molar-refractivity contribution is 5.85. The van der Waals surface area contributed by atoms with E-state index in [1.54, 1.807) is 0 Å². The van der Waals surface area contributed by atoms with Crippen molar-refractivity contribution >= 4 is 11.4 Å². The zero-order valence-corrected chi connectivity index (χ0v) is 18.2. The van der Waals surface area contributed by atoms with E-state index in [1.807, 2.05) is 0 Å². The Morgan fingerprint density at radius 1 is 0.633 bits per heavy atom. The van der Waals surface area contributed by atoms with Gasteiger partial charge < -0.3 is 5.32 Å². The van der Waals surface area contributed by atoms with Crippen LogP contribution in [-0.4, -0.2) is 0 Å². The second-order valence-electron chi connectivity index (χ2n) is 8.35. The Balaban J connectivity index is 1.78. The summed E-state index contributed by atoms with van der Waals surface area (Å²) in [6, 6.07) is 32.8. The largest absolute Gasteiger partial charge is 0.355 e. The lowest BCUT2D eigenvalue weighted by atomic mass is 9.90. The molecule has 0 atom stereocenters. The summed E-state index contributed by atoms with van der Waals surface area (Å²) in [4.78, 5) is 0. The van der Waals surface area contributed by atoms with Crippen molar-refractivity contribution < 1.29 is 0 Å². The van der Waals surface area contributed by atoms with Gasteiger partial charge in [-0.1, -0.05) is 92.2 Å². The minimum absolute atomic E-state index is 0.491. The molecule has 0 heterocycles. The highest BCUT2D eigenvalue weighted by atomic mass is 14.9. The molecule has 0 fully saturated rings. The Kier molecular flexibility index (Phi) is 5.72. The molecule has 1 nitrogen and oxygen atoms in total. The topological polar surface area (TPSA) is 12.0 Å². The van der Waals surface area contributed by atoms with E-state index in [4.69, 9.17) is 0 Å². The molecule has 0 bridgehead atoms. The van der Waals surface area contributed by atoms with E-state index in [2.05, 4.69) is 124 Å². The molecular formula is C29H29N. The van der Waals surface area contributed by atoms with Gasteiger partial charge in [-0.2, -0.15) is 0 Å². The molecule has 0 unspecified atom stereocenters. The Hall–Kier alpha value is -3.32. The maximum Gasteiger partial charge on any atom is 0.0414 e. The molecule has 0 aliphatic heterocycles. The predicted octanol–water partition coefficient (Wildman–Crippen LogP) is 8.50. The summed E-state index contributed by atoms with van der Waals surface area (Å²) in [7, 11) is 0. The average molecular weight is 392 g/mol. The fraction of sp³-hybridized carbons (Fsp3) is 0.172. The van der Waals surface area contributed by atoms with Gasteiger partial charge >= 0.3 is 0 Å². The zero-order chi connectivity index (χ0) is 21.1. The van der Waals surface area contributed by atoms with Crippen LogP contribution in [-0.2, 0) is 0 Å². The highest BCUT2D eigenvalue weighted by Gasteiger charge is 2.11. The van der Waals surface area contributed by atoms with Crippen LogP contribution >= 0.6 is 0 Å². The Labute approximate surface area is 180 Å². The van der Waals surface area contributed by atoms with Crippen LogP contribution in [0.5, 0.6) is 0 Å². The molecule has 0 saturated heterocycles. The first-order valence-corrected chi connectivity index (χ1v) is 10.7. The Bertz CT molecular complexity index is 1160. The van der Waals surface area contributed by atoms with Crippen molar-refractivity contribution in [3.8, 4) is 22.3 Å². The number of rotatable bonds is 5. The molecule has 0 aliphatic carbocycles. The Morgan fingerprint density at radius 3 is 2.13 bits per heavy atom. The molecular weight excluding hydrogens is 362 g/mol. The smallest absolute Gasteiger partial charge is 0.0414 e. The summed E-state index contributed by atoms with van der Waals surface area (Å²) in [5, 5.41) is 3.61. The second-order valence-corrected chi connectivity index (χ2v) is 8.35. The summed E-state index contributed by atoms with van der Waals surface area (Å²) < 4.78 is 0. The molecule has 0 saturated carbocycles. The lowest BCUT2D eigenvalue weighted by molar-refractivity contribution is 0.867. The maximum absolute atomic E-state index is 3.61. The van der Waals surface area contributed by atoms with Crippen molar-refractivity contribution in [2.45, 2.75) is 33.6 Å². The van der Waals surface area contributed by atoms with Crippen molar-refractivity contribution in [3.63, 3.8) is 0 Å². The monoisotopic (exact) mass is 391 g/mol. The van der Waals surface area contributed by atoms with Crippen LogP contribution < -0.4 is 5.32 Å². The lowest BCUT2D eigenvalue weighted by Gasteiger charge is -2.16. The van der Waals surface area contributed by atoms with E-state index in [-0.39, 0.29) is 0 Å². The number of anilines is 2. The zero-order valence-electron chi connectivity index (χ0n) is 18.2. The standard InChI is InChI=1S/C29H29N/c1-20(2)24-14-15-27(23-9-6-5-7-10-23)28(19-24)25-11-8-12-26(18-25)30-29-16-13-21(3)17-22(29)4/h5-20,30H,1-4H3. The van der Waals surface area contributed by atoms with E-state index in [1.165, 1.54) is 38.9 Å². The van der Waals surface area contributed by atoms with E-state index >= 15 is 0 Å². The van der Waals surface area contributed by atoms with Gasteiger partial charge in [0.15, 0.2) is 0 Å².